The molecule has 1 aliphatic heterocycles. The number of hydrogen-bond acceptors (Lipinski definition) is 8. The zero-order valence-electron chi connectivity index (χ0n) is 17.3. The van der Waals surface area contributed by atoms with Crippen molar-refractivity contribution in [2.75, 3.05) is 18.6 Å². The van der Waals surface area contributed by atoms with Gasteiger partial charge in [0.1, 0.15) is 10.8 Å². The topological polar surface area (TPSA) is 104 Å². The van der Waals surface area contributed by atoms with Gasteiger partial charge >= 0.3 is 0 Å². The first-order chi connectivity index (χ1) is 14.0. The van der Waals surface area contributed by atoms with Gasteiger partial charge in [0, 0.05) is 41.6 Å². The van der Waals surface area contributed by atoms with Gasteiger partial charge in [-0.2, -0.15) is 10.1 Å². The maximum atomic E-state index is 6.04. The second-order valence-electron chi connectivity index (χ2n) is 7.89. The summed E-state index contributed by atoms with van der Waals surface area (Å²) < 4.78 is 7.48. The largest absolute Gasteiger partial charge is 0.496 e. The van der Waals surface area contributed by atoms with Gasteiger partial charge in [-0.3, -0.25) is 4.98 Å². The molecule has 4 heterocycles. The molecule has 0 saturated heterocycles. The Morgan fingerprint density at radius 1 is 1.27 bits per heavy atom. The van der Waals surface area contributed by atoms with Gasteiger partial charge in [0.15, 0.2) is 5.65 Å². The average molecular weight is 448 g/mol. The quantitative estimate of drug-likeness (QED) is 0.575. The van der Waals surface area contributed by atoms with E-state index >= 15 is 0 Å². The van der Waals surface area contributed by atoms with E-state index in [4.69, 9.17) is 15.6 Å². The number of pyridine rings is 1. The van der Waals surface area contributed by atoms with Crippen LogP contribution in [-0.2, 0) is 13.0 Å². The van der Waals surface area contributed by atoms with Gasteiger partial charge < -0.3 is 15.8 Å². The van der Waals surface area contributed by atoms with Crippen molar-refractivity contribution in [3.8, 4) is 5.75 Å². The zero-order valence-corrected chi connectivity index (χ0v) is 18.9. The van der Waals surface area contributed by atoms with Crippen molar-refractivity contribution in [3.05, 3.63) is 28.7 Å². The summed E-state index contributed by atoms with van der Waals surface area (Å²) in [5.41, 5.74) is 10.8. The summed E-state index contributed by atoms with van der Waals surface area (Å²) in [7, 11) is 1.69. The van der Waals surface area contributed by atoms with Gasteiger partial charge in [0.05, 0.1) is 30.4 Å². The molecule has 2 aliphatic rings. The molecule has 1 saturated carbocycles. The number of aryl methyl sites for hydroxylation is 1. The molecule has 0 radical (unpaired) electrons. The van der Waals surface area contributed by atoms with Crippen LogP contribution in [0.2, 0.25) is 0 Å². The SMILES string of the molecule is COc1c(C)cnc(Cn2nc3c4c(nc(N)nc42)SCC(NC2CC2)C3)c1C.Cl. The molecule has 160 valence electrons. The Bertz CT molecular complexity index is 1100. The van der Waals surface area contributed by atoms with Crippen LogP contribution in [0, 0.1) is 13.8 Å². The second kappa shape index (κ2) is 8.20. The minimum absolute atomic E-state index is 0. The van der Waals surface area contributed by atoms with Crippen molar-refractivity contribution in [2.24, 2.45) is 0 Å². The second-order valence-corrected chi connectivity index (χ2v) is 8.90. The predicted octanol–water partition coefficient (Wildman–Crippen LogP) is 2.67. The molecule has 0 spiro atoms. The standard InChI is InChI=1S/C20H25N7OS.ClH/c1-10-7-22-15(11(2)17(10)28-3)8-27-18-16-14(26-27)6-13(23-12-4-5-12)9-29-19(16)25-20(21)24-18;/h7,12-13,23H,4-6,8-9H2,1-3H3,(H2,21,24,25);1H. The number of halogens is 1. The normalized spacial score (nSPS) is 18.2. The Balaban J connectivity index is 0.00000218. The summed E-state index contributed by atoms with van der Waals surface area (Å²) in [6.07, 6.45) is 5.25. The van der Waals surface area contributed by atoms with Crippen molar-refractivity contribution in [3.63, 3.8) is 0 Å². The Morgan fingerprint density at radius 2 is 2.07 bits per heavy atom. The van der Waals surface area contributed by atoms with E-state index in [2.05, 4.69) is 20.3 Å². The molecule has 10 heteroatoms. The maximum Gasteiger partial charge on any atom is 0.223 e. The number of nitrogens with two attached hydrogens (primary N) is 1. The predicted molar refractivity (Wildman–Crippen MR) is 121 cm³/mol. The molecule has 0 amide bonds. The highest BCUT2D eigenvalue weighted by molar-refractivity contribution is 7.99. The number of thioether (sulfide) groups is 1. The van der Waals surface area contributed by atoms with Gasteiger partial charge in [-0.25, -0.2) is 9.67 Å². The van der Waals surface area contributed by atoms with Crippen molar-refractivity contribution in [1.29, 1.82) is 0 Å². The fraction of sp³-hybridized carbons (Fsp3) is 0.500. The summed E-state index contributed by atoms with van der Waals surface area (Å²) in [6.45, 7) is 4.55. The number of nitrogen functional groups attached to an aromatic ring is 1. The third-order valence-electron chi connectivity index (χ3n) is 5.61. The van der Waals surface area contributed by atoms with Gasteiger partial charge in [-0.05, 0) is 26.7 Å². The molecule has 5 rings (SSSR count). The number of nitrogens with one attached hydrogen (secondary N) is 1. The number of anilines is 1. The van der Waals surface area contributed by atoms with Crippen LogP contribution in [0.1, 0.15) is 35.4 Å². The number of nitrogens with zero attached hydrogens (tertiary/aromatic N) is 5. The van der Waals surface area contributed by atoms with E-state index in [1.165, 1.54) is 12.8 Å². The monoisotopic (exact) mass is 447 g/mol. The minimum Gasteiger partial charge on any atom is -0.496 e. The molecule has 1 fully saturated rings. The number of rotatable bonds is 5. The summed E-state index contributed by atoms with van der Waals surface area (Å²) in [4.78, 5) is 13.7. The Morgan fingerprint density at radius 3 is 2.80 bits per heavy atom. The molecular weight excluding hydrogens is 422 g/mol. The summed E-state index contributed by atoms with van der Waals surface area (Å²) in [6, 6.07) is 1.04. The molecule has 0 aromatic carbocycles. The molecule has 0 bridgehead atoms. The highest BCUT2D eigenvalue weighted by atomic mass is 35.5. The molecule has 1 aliphatic carbocycles. The Labute approximate surface area is 185 Å². The summed E-state index contributed by atoms with van der Waals surface area (Å²) in [5.74, 6) is 2.12. The number of hydrogen-bond donors (Lipinski definition) is 2. The lowest BCUT2D eigenvalue weighted by molar-refractivity contribution is 0.406. The third-order valence-corrected chi connectivity index (χ3v) is 6.75. The average Bonchev–Trinajstić information content (AvgIpc) is 3.46. The first-order valence-electron chi connectivity index (χ1n) is 9.94. The molecule has 3 aromatic rings. The summed E-state index contributed by atoms with van der Waals surface area (Å²) in [5, 5.41) is 10.6. The van der Waals surface area contributed by atoms with Gasteiger partial charge in [0.2, 0.25) is 5.95 Å². The van der Waals surface area contributed by atoms with Crippen LogP contribution in [0.15, 0.2) is 11.2 Å². The van der Waals surface area contributed by atoms with E-state index in [-0.39, 0.29) is 18.4 Å². The van der Waals surface area contributed by atoms with Crippen LogP contribution >= 0.6 is 24.2 Å². The lowest BCUT2D eigenvalue weighted by Gasteiger charge is -2.15. The fourth-order valence-corrected chi connectivity index (χ4v) is 5.10. The molecule has 1 atom stereocenters. The van der Waals surface area contributed by atoms with Gasteiger partial charge in [0.25, 0.3) is 0 Å². The van der Waals surface area contributed by atoms with E-state index in [0.717, 1.165) is 56.5 Å². The molecule has 3 N–H and O–H groups in total. The van der Waals surface area contributed by atoms with Gasteiger partial charge in [-0.1, -0.05) is 0 Å². The van der Waals surface area contributed by atoms with Crippen molar-refractivity contribution in [2.45, 2.75) is 56.8 Å². The van der Waals surface area contributed by atoms with E-state index < -0.39 is 0 Å². The fourth-order valence-electron chi connectivity index (χ4n) is 4.02. The number of methoxy groups -OCH3 is 1. The zero-order chi connectivity index (χ0) is 20.1. The van der Waals surface area contributed by atoms with Crippen molar-refractivity contribution in [1.82, 2.24) is 30.0 Å². The number of aromatic nitrogens is 5. The Hall–Kier alpha value is -2.10. The molecular formula is C20H26ClN7OS. The van der Waals surface area contributed by atoms with Crippen molar-refractivity contribution < 1.29 is 4.74 Å². The molecule has 3 aromatic heterocycles. The lowest BCUT2D eigenvalue weighted by atomic mass is 10.1. The molecule has 8 nitrogen and oxygen atoms in total. The Kier molecular flexibility index (Phi) is 5.78. The van der Waals surface area contributed by atoms with E-state index in [9.17, 15) is 0 Å². The first kappa shape index (κ1) is 21.1. The third kappa shape index (κ3) is 3.81. The van der Waals surface area contributed by atoms with E-state index in [0.29, 0.717) is 18.6 Å². The van der Waals surface area contributed by atoms with Crippen LogP contribution in [0.4, 0.5) is 5.95 Å². The van der Waals surface area contributed by atoms with Crippen LogP contribution in [0.3, 0.4) is 0 Å². The lowest BCUT2D eigenvalue weighted by Crippen LogP contribution is -2.34. The molecule has 30 heavy (non-hydrogen) atoms. The van der Waals surface area contributed by atoms with Crippen molar-refractivity contribution >= 4 is 41.2 Å². The number of ether oxygens (including phenoxy) is 1. The minimum atomic E-state index is 0. The molecule has 1 unspecified atom stereocenters. The van der Waals surface area contributed by atoms with Crippen LogP contribution in [-0.4, -0.2) is 49.7 Å². The first-order valence-corrected chi connectivity index (χ1v) is 10.9. The van der Waals surface area contributed by atoms with E-state index in [1.807, 2.05) is 24.7 Å². The summed E-state index contributed by atoms with van der Waals surface area (Å²) >= 11 is 1.74. The highest BCUT2D eigenvalue weighted by Gasteiger charge is 2.30. The smallest absolute Gasteiger partial charge is 0.223 e. The van der Waals surface area contributed by atoms with Crippen LogP contribution < -0.4 is 15.8 Å². The highest BCUT2D eigenvalue weighted by Crippen LogP contribution is 2.35. The van der Waals surface area contributed by atoms with Gasteiger partial charge in [-0.15, -0.1) is 24.2 Å². The van der Waals surface area contributed by atoms with Crippen LogP contribution in [0.5, 0.6) is 5.75 Å². The van der Waals surface area contributed by atoms with Crippen LogP contribution in [0.25, 0.3) is 11.0 Å². The maximum absolute atomic E-state index is 6.04. The van der Waals surface area contributed by atoms with E-state index in [1.54, 1.807) is 18.9 Å².